The van der Waals surface area contributed by atoms with Crippen molar-refractivity contribution in [2.24, 2.45) is 5.84 Å². The number of rotatable bonds is 4. The van der Waals surface area contributed by atoms with Gasteiger partial charge in [0.2, 0.25) is 0 Å². The number of nitrogens with two attached hydrogens (primary N) is 1. The Hall–Kier alpha value is -2.27. The number of ether oxygens (including phenoxy) is 1. The number of benzene rings is 1. The van der Waals surface area contributed by atoms with Crippen LogP contribution in [0.3, 0.4) is 0 Å². The van der Waals surface area contributed by atoms with E-state index in [-0.39, 0.29) is 5.76 Å². The van der Waals surface area contributed by atoms with Gasteiger partial charge in [-0.25, -0.2) is 5.84 Å². The molecule has 0 saturated heterocycles. The number of amides is 1. The summed E-state index contributed by atoms with van der Waals surface area (Å²) in [5.41, 5.74) is 2.89. The number of nitrogen functional groups attached to an aromatic ring is 1. The molecule has 0 spiro atoms. The van der Waals surface area contributed by atoms with E-state index in [2.05, 4.69) is 0 Å². The first-order valence-electron chi connectivity index (χ1n) is 5.58. The van der Waals surface area contributed by atoms with E-state index in [1.54, 1.807) is 12.1 Å². The van der Waals surface area contributed by atoms with Crippen LogP contribution in [0.1, 0.15) is 17.5 Å². The van der Waals surface area contributed by atoms with Gasteiger partial charge in [0, 0.05) is 5.56 Å². The molecule has 5 nitrogen and oxygen atoms in total. The smallest absolute Gasteiger partial charge is 0.300 e. The maximum atomic E-state index is 11.2. The third-order valence-electron chi connectivity index (χ3n) is 2.41. The first-order chi connectivity index (χ1) is 8.74. The zero-order chi connectivity index (χ0) is 13.0. The summed E-state index contributed by atoms with van der Waals surface area (Å²) in [6.07, 6.45) is 0. The molecule has 0 aliphatic carbocycles. The summed E-state index contributed by atoms with van der Waals surface area (Å²) in [4.78, 5) is 11.2. The zero-order valence-electron chi connectivity index (χ0n) is 9.97. The Bertz CT molecular complexity index is 531. The summed E-state index contributed by atoms with van der Waals surface area (Å²) in [5, 5.41) is 0. The Morgan fingerprint density at radius 2 is 2.00 bits per heavy atom. The molecule has 18 heavy (non-hydrogen) atoms. The Morgan fingerprint density at radius 3 is 2.61 bits per heavy atom. The number of carbonyl (C=O) groups excluding carboxylic acids is 1. The van der Waals surface area contributed by atoms with Crippen molar-refractivity contribution in [1.82, 2.24) is 5.43 Å². The number of carbonyl (C=O) groups is 1. The first-order valence-corrected chi connectivity index (χ1v) is 5.58. The number of hydrazine groups is 1. The first kappa shape index (κ1) is 12.2. The van der Waals surface area contributed by atoms with Crippen molar-refractivity contribution in [2.75, 3.05) is 6.61 Å². The molecule has 0 aliphatic rings. The molecule has 1 aromatic carbocycles. The van der Waals surface area contributed by atoms with Gasteiger partial charge in [0.25, 0.3) is 0 Å². The van der Waals surface area contributed by atoms with Crippen LogP contribution >= 0.6 is 0 Å². The van der Waals surface area contributed by atoms with Crippen LogP contribution in [0, 0.1) is 0 Å². The van der Waals surface area contributed by atoms with E-state index in [0.717, 1.165) is 11.3 Å². The van der Waals surface area contributed by atoms with E-state index < -0.39 is 5.91 Å². The Balaban J connectivity index is 2.20. The number of nitrogens with one attached hydrogen (secondary N) is 1. The topological polar surface area (TPSA) is 77.5 Å². The molecule has 0 aliphatic heterocycles. The molecule has 5 heteroatoms. The molecule has 2 aromatic rings. The molecule has 1 amide bonds. The van der Waals surface area contributed by atoms with Crippen molar-refractivity contribution in [3.63, 3.8) is 0 Å². The lowest BCUT2D eigenvalue weighted by atomic mass is 10.2. The van der Waals surface area contributed by atoms with Gasteiger partial charge in [-0.2, -0.15) is 0 Å². The molecule has 1 aromatic heterocycles. The second kappa shape index (κ2) is 5.37. The number of hydrogen-bond donors (Lipinski definition) is 2. The molecule has 0 bridgehead atoms. The van der Waals surface area contributed by atoms with Crippen LogP contribution in [-0.4, -0.2) is 12.5 Å². The van der Waals surface area contributed by atoms with Crippen molar-refractivity contribution in [1.29, 1.82) is 0 Å². The largest absolute Gasteiger partial charge is 0.494 e. The van der Waals surface area contributed by atoms with Crippen molar-refractivity contribution >= 4 is 5.91 Å². The summed E-state index contributed by atoms with van der Waals surface area (Å²) in [7, 11) is 0. The van der Waals surface area contributed by atoms with Crippen LogP contribution < -0.4 is 16.0 Å². The Kier molecular flexibility index (Phi) is 3.64. The van der Waals surface area contributed by atoms with Crippen molar-refractivity contribution in [3.05, 3.63) is 42.2 Å². The molecule has 1 heterocycles. The maximum absolute atomic E-state index is 11.2. The number of furan rings is 1. The van der Waals surface area contributed by atoms with E-state index in [1.807, 2.05) is 36.6 Å². The highest BCUT2D eigenvalue weighted by Crippen LogP contribution is 2.24. The molecular weight excluding hydrogens is 232 g/mol. The predicted octanol–water partition coefficient (Wildman–Crippen LogP) is 1.95. The fraction of sp³-hybridized carbons (Fsp3) is 0.154. The average molecular weight is 246 g/mol. The second-order valence-corrected chi connectivity index (χ2v) is 3.59. The summed E-state index contributed by atoms with van der Waals surface area (Å²) in [6.45, 7) is 2.55. The third-order valence-corrected chi connectivity index (χ3v) is 2.41. The summed E-state index contributed by atoms with van der Waals surface area (Å²) in [6, 6.07) is 10.7. The van der Waals surface area contributed by atoms with Crippen LogP contribution in [0.4, 0.5) is 0 Å². The van der Waals surface area contributed by atoms with E-state index in [9.17, 15) is 4.79 Å². The van der Waals surface area contributed by atoms with Crippen molar-refractivity contribution in [3.8, 4) is 17.1 Å². The minimum Gasteiger partial charge on any atom is -0.494 e. The van der Waals surface area contributed by atoms with Gasteiger partial charge in [-0.15, -0.1) is 0 Å². The van der Waals surface area contributed by atoms with E-state index in [4.69, 9.17) is 15.0 Å². The van der Waals surface area contributed by atoms with Crippen LogP contribution in [-0.2, 0) is 0 Å². The van der Waals surface area contributed by atoms with Gasteiger partial charge < -0.3 is 9.15 Å². The van der Waals surface area contributed by atoms with E-state index in [0.29, 0.717) is 12.4 Å². The monoisotopic (exact) mass is 246 g/mol. The minimum atomic E-state index is -0.452. The standard InChI is InChI=1S/C13H14N2O3/c1-2-17-10-5-3-9(4-6-10)11-7-8-12(18-11)13(16)15-14/h3-8H,2,14H2,1H3,(H,15,16). The summed E-state index contributed by atoms with van der Waals surface area (Å²) < 4.78 is 10.7. The Labute approximate surface area is 105 Å². The average Bonchev–Trinajstić information content (AvgIpc) is 2.89. The SMILES string of the molecule is CCOc1ccc(-c2ccc(C(=O)NN)o2)cc1. The lowest BCUT2D eigenvalue weighted by molar-refractivity contribution is 0.0927. The van der Waals surface area contributed by atoms with Gasteiger partial charge in [0.15, 0.2) is 5.76 Å². The van der Waals surface area contributed by atoms with Gasteiger partial charge in [0.05, 0.1) is 6.61 Å². The zero-order valence-corrected chi connectivity index (χ0v) is 9.97. The summed E-state index contributed by atoms with van der Waals surface area (Å²) >= 11 is 0. The molecule has 3 N–H and O–H groups in total. The highest BCUT2D eigenvalue weighted by Gasteiger charge is 2.10. The minimum absolute atomic E-state index is 0.182. The second-order valence-electron chi connectivity index (χ2n) is 3.59. The molecule has 0 atom stereocenters. The molecule has 0 radical (unpaired) electrons. The van der Waals surface area contributed by atoms with Crippen molar-refractivity contribution < 1.29 is 13.9 Å². The maximum Gasteiger partial charge on any atom is 0.300 e. The normalized spacial score (nSPS) is 10.1. The highest BCUT2D eigenvalue weighted by atomic mass is 16.5. The van der Waals surface area contributed by atoms with Gasteiger partial charge in [-0.3, -0.25) is 10.2 Å². The number of hydrogen-bond acceptors (Lipinski definition) is 4. The lowest BCUT2D eigenvalue weighted by Gasteiger charge is -2.03. The highest BCUT2D eigenvalue weighted by molar-refractivity contribution is 5.91. The van der Waals surface area contributed by atoms with E-state index in [1.165, 1.54) is 0 Å². The van der Waals surface area contributed by atoms with Crippen LogP contribution in [0.2, 0.25) is 0 Å². The third kappa shape index (κ3) is 2.52. The molecule has 0 unspecified atom stereocenters. The van der Waals surface area contributed by atoms with Crippen LogP contribution in [0.25, 0.3) is 11.3 Å². The van der Waals surface area contributed by atoms with Gasteiger partial charge >= 0.3 is 5.91 Å². The summed E-state index contributed by atoms with van der Waals surface area (Å²) in [5.74, 6) is 6.17. The Morgan fingerprint density at radius 1 is 1.28 bits per heavy atom. The molecule has 94 valence electrons. The molecule has 0 saturated carbocycles. The van der Waals surface area contributed by atoms with Gasteiger partial charge in [-0.1, -0.05) is 0 Å². The van der Waals surface area contributed by atoms with Crippen LogP contribution in [0.5, 0.6) is 5.75 Å². The fourth-order valence-corrected chi connectivity index (χ4v) is 1.57. The molecular formula is C13H14N2O3. The predicted molar refractivity (Wildman–Crippen MR) is 67.0 cm³/mol. The van der Waals surface area contributed by atoms with Crippen molar-refractivity contribution in [2.45, 2.75) is 6.92 Å². The fourth-order valence-electron chi connectivity index (χ4n) is 1.57. The van der Waals surface area contributed by atoms with Gasteiger partial charge in [-0.05, 0) is 43.3 Å². The van der Waals surface area contributed by atoms with Crippen LogP contribution in [0.15, 0.2) is 40.8 Å². The van der Waals surface area contributed by atoms with E-state index >= 15 is 0 Å². The molecule has 2 rings (SSSR count). The quantitative estimate of drug-likeness (QED) is 0.491. The van der Waals surface area contributed by atoms with Gasteiger partial charge in [0.1, 0.15) is 11.5 Å². The molecule has 0 fully saturated rings. The lowest BCUT2D eigenvalue weighted by Crippen LogP contribution is -2.29.